The minimum absolute atomic E-state index is 0.160. The van der Waals surface area contributed by atoms with Gasteiger partial charge in [0.1, 0.15) is 11.6 Å². The van der Waals surface area contributed by atoms with Crippen LogP contribution < -0.4 is 15.4 Å². The standard InChI is InChI=1S/C15H14ClN3O3/c16-11-6-7-17-13(8-11)19-14(20)9-18-15(21)10-22-12-4-2-1-3-5-12/h1-8H,9-10H2,(H,18,21)(H,17,19,20). The predicted octanol–water partition coefficient (Wildman–Crippen LogP) is 1.87. The first-order chi connectivity index (χ1) is 10.6. The number of anilines is 1. The highest BCUT2D eigenvalue weighted by Gasteiger charge is 2.07. The lowest BCUT2D eigenvalue weighted by Crippen LogP contribution is -2.35. The Morgan fingerprint density at radius 2 is 1.91 bits per heavy atom. The molecule has 0 aliphatic carbocycles. The van der Waals surface area contributed by atoms with Gasteiger partial charge in [-0.2, -0.15) is 0 Å². The molecule has 22 heavy (non-hydrogen) atoms. The molecule has 0 aliphatic heterocycles. The predicted molar refractivity (Wildman–Crippen MR) is 82.8 cm³/mol. The minimum Gasteiger partial charge on any atom is -0.484 e. The molecule has 0 fully saturated rings. The van der Waals surface area contributed by atoms with Crippen molar-refractivity contribution in [3.05, 3.63) is 53.7 Å². The molecule has 0 saturated heterocycles. The van der Waals surface area contributed by atoms with Crippen LogP contribution in [0, 0.1) is 0 Å². The Balaban J connectivity index is 1.70. The Bertz CT molecular complexity index is 649. The molecule has 0 saturated carbocycles. The molecule has 0 spiro atoms. The summed E-state index contributed by atoms with van der Waals surface area (Å²) in [4.78, 5) is 27.2. The van der Waals surface area contributed by atoms with Gasteiger partial charge in [0, 0.05) is 11.2 Å². The summed E-state index contributed by atoms with van der Waals surface area (Å²) in [6, 6.07) is 12.0. The largest absolute Gasteiger partial charge is 0.484 e. The highest BCUT2D eigenvalue weighted by atomic mass is 35.5. The summed E-state index contributed by atoms with van der Waals surface area (Å²) in [6.07, 6.45) is 1.48. The lowest BCUT2D eigenvalue weighted by atomic mass is 10.3. The van der Waals surface area contributed by atoms with Gasteiger partial charge in [0.05, 0.1) is 6.54 Å². The van der Waals surface area contributed by atoms with Crippen molar-refractivity contribution in [1.82, 2.24) is 10.3 Å². The number of rotatable bonds is 6. The molecule has 2 amide bonds. The number of amides is 2. The van der Waals surface area contributed by atoms with Gasteiger partial charge in [-0.05, 0) is 24.3 Å². The van der Waals surface area contributed by atoms with Crippen molar-refractivity contribution in [3.8, 4) is 5.75 Å². The molecule has 0 atom stereocenters. The Labute approximate surface area is 132 Å². The van der Waals surface area contributed by atoms with Crippen molar-refractivity contribution in [2.75, 3.05) is 18.5 Å². The first-order valence-electron chi connectivity index (χ1n) is 6.49. The van der Waals surface area contributed by atoms with Crippen LogP contribution in [0.1, 0.15) is 0 Å². The fourth-order valence-corrected chi connectivity index (χ4v) is 1.72. The molecule has 2 rings (SSSR count). The molecule has 1 aromatic carbocycles. The van der Waals surface area contributed by atoms with Crippen LogP contribution in [0.3, 0.4) is 0 Å². The van der Waals surface area contributed by atoms with E-state index in [1.807, 2.05) is 6.07 Å². The first-order valence-corrected chi connectivity index (χ1v) is 6.87. The van der Waals surface area contributed by atoms with Crippen molar-refractivity contribution in [1.29, 1.82) is 0 Å². The zero-order chi connectivity index (χ0) is 15.8. The van der Waals surface area contributed by atoms with Gasteiger partial charge in [-0.1, -0.05) is 29.8 Å². The Hall–Kier alpha value is -2.60. The van der Waals surface area contributed by atoms with E-state index in [9.17, 15) is 9.59 Å². The number of nitrogens with zero attached hydrogens (tertiary/aromatic N) is 1. The summed E-state index contributed by atoms with van der Waals surface area (Å²) in [7, 11) is 0. The molecule has 114 valence electrons. The summed E-state index contributed by atoms with van der Waals surface area (Å²) in [5.41, 5.74) is 0. The monoisotopic (exact) mass is 319 g/mol. The normalized spacial score (nSPS) is 9.86. The summed E-state index contributed by atoms with van der Waals surface area (Å²) in [6.45, 7) is -0.335. The number of para-hydroxylation sites is 1. The maximum absolute atomic E-state index is 11.7. The summed E-state index contributed by atoms with van der Waals surface area (Å²) < 4.78 is 5.26. The van der Waals surface area contributed by atoms with Crippen LogP contribution in [0.25, 0.3) is 0 Å². The highest BCUT2D eigenvalue weighted by Crippen LogP contribution is 2.11. The van der Waals surface area contributed by atoms with Crippen molar-refractivity contribution in [2.45, 2.75) is 0 Å². The van der Waals surface area contributed by atoms with Gasteiger partial charge < -0.3 is 15.4 Å². The second-order valence-electron chi connectivity index (χ2n) is 4.29. The van der Waals surface area contributed by atoms with Gasteiger partial charge in [0.2, 0.25) is 5.91 Å². The second-order valence-corrected chi connectivity index (χ2v) is 4.72. The van der Waals surface area contributed by atoms with Crippen LogP contribution >= 0.6 is 11.6 Å². The Morgan fingerprint density at radius 3 is 2.64 bits per heavy atom. The van der Waals surface area contributed by atoms with Crippen LogP contribution in [-0.2, 0) is 9.59 Å². The van der Waals surface area contributed by atoms with E-state index >= 15 is 0 Å². The molecule has 2 N–H and O–H groups in total. The van der Waals surface area contributed by atoms with Crippen LogP contribution in [0.15, 0.2) is 48.7 Å². The first kappa shape index (κ1) is 15.8. The number of hydrogen-bond donors (Lipinski definition) is 2. The molecule has 0 unspecified atom stereocenters. The van der Waals surface area contributed by atoms with E-state index < -0.39 is 11.8 Å². The maximum atomic E-state index is 11.7. The maximum Gasteiger partial charge on any atom is 0.258 e. The van der Waals surface area contributed by atoms with E-state index in [-0.39, 0.29) is 13.2 Å². The number of carbonyl (C=O) groups excluding carboxylic acids is 2. The quantitative estimate of drug-likeness (QED) is 0.851. The number of carbonyl (C=O) groups is 2. The second kappa shape index (κ2) is 7.99. The lowest BCUT2D eigenvalue weighted by molar-refractivity contribution is -0.125. The van der Waals surface area contributed by atoms with Crippen molar-refractivity contribution >= 4 is 29.2 Å². The van der Waals surface area contributed by atoms with Crippen molar-refractivity contribution in [3.63, 3.8) is 0 Å². The van der Waals surface area contributed by atoms with E-state index in [2.05, 4.69) is 15.6 Å². The third kappa shape index (κ3) is 5.41. The Kier molecular flexibility index (Phi) is 5.73. The number of benzene rings is 1. The molecule has 1 aromatic heterocycles. The van der Waals surface area contributed by atoms with Gasteiger partial charge in [-0.25, -0.2) is 4.98 Å². The molecule has 0 bridgehead atoms. The van der Waals surface area contributed by atoms with E-state index in [0.717, 1.165) is 0 Å². The van der Waals surface area contributed by atoms with Crippen molar-refractivity contribution in [2.24, 2.45) is 0 Å². The van der Waals surface area contributed by atoms with Crippen LogP contribution in [0.4, 0.5) is 5.82 Å². The zero-order valence-electron chi connectivity index (χ0n) is 11.6. The molecule has 0 radical (unpaired) electrons. The van der Waals surface area contributed by atoms with E-state index in [1.165, 1.54) is 12.3 Å². The van der Waals surface area contributed by atoms with E-state index in [1.54, 1.807) is 30.3 Å². The third-order valence-corrected chi connectivity index (χ3v) is 2.78. The fraction of sp³-hybridized carbons (Fsp3) is 0.133. The summed E-state index contributed by atoms with van der Waals surface area (Å²) in [5.74, 6) is 0.124. The molecule has 7 heteroatoms. The van der Waals surface area contributed by atoms with E-state index in [4.69, 9.17) is 16.3 Å². The zero-order valence-corrected chi connectivity index (χ0v) is 12.3. The lowest BCUT2D eigenvalue weighted by Gasteiger charge is -2.08. The molecular weight excluding hydrogens is 306 g/mol. The molecular formula is C15H14ClN3O3. The summed E-state index contributed by atoms with van der Waals surface area (Å²) >= 11 is 5.78. The van der Waals surface area contributed by atoms with E-state index in [0.29, 0.717) is 16.6 Å². The van der Waals surface area contributed by atoms with Gasteiger partial charge in [-0.15, -0.1) is 0 Å². The number of nitrogens with one attached hydrogen (secondary N) is 2. The third-order valence-electron chi connectivity index (χ3n) is 2.55. The van der Waals surface area contributed by atoms with Crippen LogP contribution in [-0.4, -0.2) is 29.9 Å². The number of hydrogen-bond acceptors (Lipinski definition) is 4. The average Bonchev–Trinajstić information content (AvgIpc) is 2.52. The molecule has 1 heterocycles. The molecule has 0 aliphatic rings. The summed E-state index contributed by atoms with van der Waals surface area (Å²) in [5, 5.41) is 5.44. The smallest absolute Gasteiger partial charge is 0.258 e. The molecule has 2 aromatic rings. The SMILES string of the molecule is O=C(COc1ccccc1)NCC(=O)Nc1cc(Cl)ccn1. The van der Waals surface area contributed by atoms with Gasteiger partial charge in [-0.3, -0.25) is 9.59 Å². The van der Waals surface area contributed by atoms with Crippen LogP contribution in [0.5, 0.6) is 5.75 Å². The van der Waals surface area contributed by atoms with Gasteiger partial charge in [0.15, 0.2) is 6.61 Å². The number of ether oxygens (including phenoxy) is 1. The Morgan fingerprint density at radius 1 is 1.14 bits per heavy atom. The topological polar surface area (TPSA) is 80.3 Å². The number of aromatic nitrogens is 1. The minimum atomic E-state index is -0.400. The molecule has 6 nitrogen and oxygen atoms in total. The highest BCUT2D eigenvalue weighted by molar-refractivity contribution is 6.30. The van der Waals surface area contributed by atoms with Crippen LogP contribution in [0.2, 0.25) is 5.02 Å². The fourth-order valence-electron chi connectivity index (χ4n) is 1.56. The van der Waals surface area contributed by atoms with Crippen molar-refractivity contribution < 1.29 is 14.3 Å². The van der Waals surface area contributed by atoms with Gasteiger partial charge >= 0.3 is 0 Å². The average molecular weight is 320 g/mol. The number of pyridine rings is 1. The van der Waals surface area contributed by atoms with Gasteiger partial charge in [0.25, 0.3) is 5.91 Å². The number of halogens is 1.